The highest BCUT2D eigenvalue weighted by atomic mass is 16.6. The zero-order valence-corrected chi connectivity index (χ0v) is 11.0. The smallest absolute Gasteiger partial charge is 0.410 e. The van der Waals surface area contributed by atoms with Crippen molar-refractivity contribution in [1.29, 1.82) is 0 Å². The normalized spacial score (nSPS) is 27.1. The highest BCUT2D eigenvalue weighted by Crippen LogP contribution is 2.58. The van der Waals surface area contributed by atoms with Gasteiger partial charge in [0.25, 0.3) is 0 Å². The van der Waals surface area contributed by atoms with Crippen molar-refractivity contribution in [2.45, 2.75) is 45.6 Å². The third kappa shape index (κ3) is 2.73. The third-order valence-electron chi connectivity index (χ3n) is 3.99. The van der Waals surface area contributed by atoms with Crippen molar-refractivity contribution >= 4 is 6.09 Å². The number of aliphatic hydroxyl groups is 1. The highest BCUT2D eigenvalue weighted by molar-refractivity contribution is 5.68. The molecule has 1 amide bonds. The van der Waals surface area contributed by atoms with E-state index in [4.69, 9.17) is 9.84 Å². The summed E-state index contributed by atoms with van der Waals surface area (Å²) in [6, 6.07) is 0. The number of carbonyl (C=O) groups is 1. The molecule has 2 fully saturated rings. The summed E-state index contributed by atoms with van der Waals surface area (Å²) in [6.07, 6.45) is 2.95. The summed E-state index contributed by atoms with van der Waals surface area (Å²) < 4.78 is 5.36. The molecule has 4 heteroatoms. The van der Waals surface area contributed by atoms with Crippen molar-refractivity contribution in [2.75, 3.05) is 19.7 Å². The van der Waals surface area contributed by atoms with Crippen molar-refractivity contribution in [2.24, 2.45) is 11.3 Å². The summed E-state index contributed by atoms with van der Waals surface area (Å²) >= 11 is 0. The van der Waals surface area contributed by atoms with Crippen LogP contribution in [-0.2, 0) is 4.74 Å². The van der Waals surface area contributed by atoms with Gasteiger partial charge in [-0.15, -0.1) is 0 Å². The van der Waals surface area contributed by atoms with Crippen LogP contribution in [0.2, 0.25) is 0 Å². The lowest BCUT2D eigenvalue weighted by molar-refractivity contribution is 0.0161. The Balaban J connectivity index is 1.82. The van der Waals surface area contributed by atoms with Crippen molar-refractivity contribution in [3.05, 3.63) is 0 Å². The molecule has 2 aliphatic rings. The van der Waals surface area contributed by atoms with Crippen molar-refractivity contribution in [1.82, 2.24) is 4.90 Å². The molecule has 4 nitrogen and oxygen atoms in total. The summed E-state index contributed by atoms with van der Waals surface area (Å²) in [5, 5.41) is 9.15. The van der Waals surface area contributed by atoms with E-state index in [1.165, 1.54) is 0 Å². The van der Waals surface area contributed by atoms with Crippen LogP contribution in [0.4, 0.5) is 4.79 Å². The zero-order chi connectivity index (χ0) is 12.7. The van der Waals surface area contributed by atoms with Crippen molar-refractivity contribution in [3.63, 3.8) is 0 Å². The molecule has 1 saturated carbocycles. The van der Waals surface area contributed by atoms with Gasteiger partial charge in [-0.1, -0.05) is 0 Å². The van der Waals surface area contributed by atoms with Gasteiger partial charge in [0.2, 0.25) is 0 Å². The number of ether oxygens (including phenoxy) is 1. The second kappa shape index (κ2) is 4.16. The SMILES string of the molecule is CC(C)(C)OC(=O)N1CCC2(CC1)CC2CO. The Labute approximate surface area is 103 Å². The van der Waals surface area contributed by atoms with E-state index in [1.54, 1.807) is 4.90 Å². The molecule has 0 bridgehead atoms. The maximum atomic E-state index is 11.9. The van der Waals surface area contributed by atoms with E-state index >= 15 is 0 Å². The topological polar surface area (TPSA) is 49.8 Å². The molecule has 0 aromatic heterocycles. The van der Waals surface area contributed by atoms with Gasteiger partial charge in [0.05, 0.1) is 0 Å². The van der Waals surface area contributed by atoms with E-state index in [0.717, 1.165) is 32.4 Å². The van der Waals surface area contributed by atoms with E-state index < -0.39 is 5.60 Å². The van der Waals surface area contributed by atoms with Crippen molar-refractivity contribution in [3.8, 4) is 0 Å². The molecule has 1 spiro atoms. The Morgan fingerprint density at radius 2 is 2.00 bits per heavy atom. The number of nitrogens with zero attached hydrogens (tertiary/aromatic N) is 1. The van der Waals surface area contributed by atoms with E-state index in [1.807, 2.05) is 20.8 Å². The third-order valence-corrected chi connectivity index (χ3v) is 3.99. The number of rotatable bonds is 1. The van der Waals surface area contributed by atoms with Crippen LogP contribution in [0.1, 0.15) is 40.0 Å². The summed E-state index contributed by atoms with van der Waals surface area (Å²) in [6.45, 7) is 7.50. The minimum absolute atomic E-state index is 0.200. The minimum Gasteiger partial charge on any atom is -0.444 e. The highest BCUT2D eigenvalue weighted by Gasteiger charge is 2.54. The van der Waals surface area contributed by atoms with E-state index in [2.05, 4.69) is 0 Å². The number of carbonyl (C=O) groups excluding carboxylic acids is 1. The number of amides is 1. The van der Waals surface area contributed by atoms with Crippen LogP contribution >= 0.6 is 0 Å². The fourth-order valence-electron chi connectivity index (χ4n) is 2.76. The average Bonchev–Trinajstić information content (AvgIpc) is 2.90. The molecule has 98 valence electrons. The molecule has 1 aliphatic carbocycles. The predicted octanol–water partition coefficient (Wildman–Crippen LogP) is 2.02. The van der Waals surface area contributed by atoms with Crippen LogP contribution in [0.5, 0.6) is 0 Å². The van der Waals surface area contributed by atoms with Gasteiger partial charge in [-0.3, -0.25) is 0 Å². The van der Waals surface area contributed by atoms with Crippen LogP contribution in [0.15, 0.2) is 0 Å². The van der Waals surface area contributed by atoms with Gasteiger partial charge in [-0.2, -0.15) is 0 Å². The number of piperidine rings is 1. The Kier molecular flexibility index (Phi) is 3.10. The fourth-order valence-corrected chi connectivity index (χ4v) is 2.76. The zero-order valence-electron chi connectivity index (χ0n) is 11.0. The van der Waals surface area contributed by atoms with E-state index in [-0.39, 0.29) is 6.09 Å². The first-order valence-electron chi connectivity index (χ1n) is 6.45. The summed E-state index contributed by atoms with van der Waals surface area (Å²) in [7, 11) is 0. The minimum atomic E-state index is -0.417. The first-order chi connectivity index (χ1) is 7.86. The predicted molar refractivity (Wildman–Crippen MR) is 64.7 cm³/mol. The van der Waals surface area contributed by atoms with Crippen LogP contribution in [-0.4, -0.2) is 41.4 Å². The summed E-state index contributed by atoms with van der Waals surface area (Å²) in [4.78, 5) is 13.6. The lowest BCUT2D eigenvalue weighted by atomic mass is 9.91. The fraction of sp³-hybridized carbons (Fsp3) is 0.923. The Bertz CT molecular complexity index is 300. The first kappa shape index (κ1) is 12.7. The van der Waals surface area contributed by atoms with Gasteiger partial charge < -0.3 is 14.7 Å². The van der Waals surface area contributed by atoms with Crippen LogP contribution < -0.4 is 0 Å². The van der Waals surface area contributed by atoms with Gasteiger partial charge in [-0.05, 0) is 51.4 Å². The molecular weight excluding hydrogens is 218 g/mol. The van der Waals surface area contributed by atoms with Crippen molar-refractivity contribution < 1.29 is 14.6 Å². The maximum absolute atomic E-state index is 11.9. The first-order valence-corrected chi connectivity index (χ1v) is 6.45. The number of aliphatic hydroxyl groups excluding tert-OH is 1. The number of hydrogen-bond donors (Lipinski definition) is 1. The summed E-state index contributed by atoms with van der Waals surface area (Å²) in [5.74, 6) is 0.475. The molecule has 1 unspecified atom stereocenters. The lowest BCUT2D eigenvalue weighted by Gasteiger charge is -2.34. The molecule has 1 aliphatic heterocycles. The lowest BCUT2D eigenvalue weighted by Crippen LogP contribution is -2.42. The summed E-state index contributed by atoms with van der Waals surface area (Å²) in [5.41, 5.74) is -0.0767. The quantitative estimate of drug-likeness (QED) is 0.764. The molecule has 0 aromatic rings. The molecule has 1 saturated heterocycles. The van der Waals surface area contributed by atoms with Gasteiger partial charge in [-0.25, -0.2) is 4.79 Å². The molecule has 1 heterocycles. The van der Waals surface area contributed by atoms with Gasteiger partial charge in [0.15, 0.2) is 0 Å². The molecule has 1 N–H and O–H groups in total. The molecule has 2 rings (SSSR count). The molecule has 0 radical (unpaired) electrons. The van der Waals surface area contributed by atoms with Gasteiger partial charge in [0.1, 0.15) is 5.60 Å². The maximum Gasteiger partial charge on any atom is 0.410 e. The van der Waals surface area contributed by atoms with Gasteiger partial charge >= 0.3 is 6.09 Å². The Morgan fingerprint density at radius 1 is 1.41 bits per heavy atom. The standard InChI is InChI=1S/C13H23NO3/c1-12(2,3)17-11(16)14-6-4-13(5-7-14)8-10(13)9-15/h10,15H,4-9H2,1-3H3. The number of likely N-dealkylation sites (tertiary alicyclic amines) is 1. The largest absolute Gasteiger partial charge is 0.444 e. The van der Waals surface area contributed by atoms with Crippen LogP contribution in [0.3, 0.4) is 0 Å². The molecule has 17 heavy (non-hydrogen) atoms. The Hall–Kier alpha value is -0.770. The van der Waals surface area contributed by atoms with E-state index in [0.29, 0.717) is 17.9 Å². The second-order valence-corrected chi connectivity index (χ2v) is 6.41. The monoisotopic (exact) mass is 241 g/mol. The molecule has 0 aromatic carbocycles. The Morgan fingerprint density at radius 3 is 2.41 bits per heavy atom. The molecule has 1 atom stereocenters. The average molecular weight is 241 g/mol. The molecular formula is C13H23NO3. The van der Waals surface area contributed by atoms with Crippen LogP contribution in [0, 0.1) is 11.3 Å². The van der Waals surface area contributed by atoms with Crippen LogP contribution in [0.25, 0.3) is 0 Å². The second-order valence-electron chi connectivity index (χ2n) is 6.41. The number of hydrogen-bond acceptors (Lipinski definition) is 3. The van der Waals surface area contributed by atoms with Gasteiger partial charge in [0, 0.05) is 19.7 Å². The van der Waals surface area contributed by atoms with E-state index in [9.17, 15) is 4.79 Å².